The Labute approximate surface area is 220 Å². The van der Waals surface area contributed by atoms with Crippen LogP contribution in [-0.4, -0.2) is 24.8 Å². The lowest BCUT2D eigenvalue weighted by molar-refractivity contribution is -0.124. The minimum atomic E-state index is -0.282. The molecule has 4 aliphatic carbocycles. The summed E-state index contributed by atoms with van der Waals surface area (Å²) in [7, 11) is 1.61. The molecule has 2 bridgehead atoms. The van der Waals surface area contributed by atoms with E-state index in [0.717, 1.165) is 12.2 Å². The number of carbonyl (C=O) groups is 3. The second-order valence-corrected chi connectivity index (χ2v) is 10.5. The van der Waals surface area contributed by atoms with E-state index in [0.29, 0.717) is 40.3 Å². The van der Waals surface area contributed by atoms with Gasteiger partial charge in [0.15, 0.2) is 0 Å². The number of allylic oxidation sites excluding steroid dienone is 2. The van der Waals surface area contributed by atoms with Gasteiger partial charge < -0.3 is 14.8 Å². The van der Waals surface area contributed by atoms with E-state index in [-0.39, 0.29) is 41.4 Å². The maximum atomic E-state index is 13.3. The van der Waals surface area contributed by atoms with Gasteiger partial charge in [0, 0.05) is 11.3 Å². The zero-order valence-corrected chi connectivity index (χ0v) is 20.7. The van der Waals surface area contributed by atoms with Crippen molar-refractivity contribution in [1.29, 1.82) is 0 Å². The molecule has 6 atom stereocenters. The molecular formula is C31H26N2O5. The van der Waals surface area contributed by atoms with Gasteiger partial charge in [0.1, 0.15) is 17.2 Å². The van der Waals surface area contributed by atoms with E-state index in [1.54, 1.807) is 55.6 Å². The minimum Gasteiger partial charge on any atom is -0.497 e. The van der Waals surface area contributed by atoms with Crippen LogP contribution < -0.4 is 19.7 Å². The van der Waals surface area contributed by atoms with Crippen LogP contribution in [0.15, 0.2) is 84.9 Å². The number of hydrogen-bond donors (Lipinski definition) is 1. The second kappa shape index (κ2) is 8.58. The van der Waals surface area contributed by atoms with Crippen molar-refractivity contribution in [2.24, 2.45) is 35.5 Å². The van der Waals surface area contributed by atoms with Gasteiger partial charge in [-0.15, -0.1) is 0 Å². The topological polar surface area (TPSA) is 84.9 Å². The number of amides is 3. The Morgan fingerprint density at radius 3 is 1.84 bits per heavy atom. The Hall–Kier alpha value is -4.39. The molecule has 5 aliphatic rings. The van der Waals surface area contributed by atoms with Gasteiger partial charge in [0.2, 0.25) is 11.8 Å². The summed E-state index contributed by atoms with van der Waals surface area (Å²) in [4.78, 5) is 40.8. The highest BCUT2D eigenvalue weighted by atomic mass is 16.5. The molecule has 3 aromatic carbocycles. The van der Waals surface area contributed by atoms with Crippen LogP contribution in [0, 0.1) is 35.5 Å². The number of anilines is 2. The van der Waals surface area contributed by atoms with E-state index < -0.39 is 0 Å². The molecule has 0 aromatic heterocycles. The number of benzene rings is 3. The lowest BCUT2D eigenvalue weighted by Gasteiger charge is -2.37. The zero-order chi connectivity index (χ0) is 26.0. The molecule has 1 saturated heterocycles. The molecule has 3 aromatic rings. The van der Waals surface area contributed by atoms with Crippen molar-refractivity contribution < 1.29 is 23.9 Å². The number of rotatable bonds is 6. The summed E-state index contributed by atoms with van der Waals surface area (Å²) in [6.07, 6.45) is 5.47. The highest BCUT2D eigenvalue weighted by Gasteiger charge is 2.67. The van der Waals surface area contributed by atoms with Gasteiger partial charge in [-0.2, -0.15) is 0 Å². The highest BCUT2D eigenvalue weighted by molar-refractivity contribution is 6.22. The van der Waals surface area contributed by atoms with Crippen LogP contribution in [0.1, 0.15) is 16.8 Å². The summed E-state index contributed by atoms with van der Waals surface area (Å²) in [5, 5.41) is 2.87. The van der Waals surface area contributed by atoms with Crippen molar-refractivity contribution in [3.63, 3.8) is 0 Å². The first-order valence-corrected chi connectivity index (χ1v) is 12.9. The number of nitrogens with zero attached hydrogens (tertiary/aromatic N) is 1. The maximum absolute atomic E-state index is 13.3. The molecule has 2 saturated carbocycles. The maximum Gasteiger partial charge on any atom is 0.255 e. The standard InChI is InChI=1S/C31H26N2O5/c1-37-20-10-12-22(13-11-20)38-21-8-4-18(5-9-21)32-29(34)17-2-6-19(7-3-17)33-30(35)27-23-14-15-24(26-16-25(23)26)28(27)31(33)36/h2-15,23-28H,16H2,1H3,(H,32,34)/t23-,24-,25-,26-,27+,28+/m0/s1. The van der Waals surface area contributed by atoms with E-state index in [1.165, 1.54) is 4.90 Å². The van der Waals surface area contributed by atoms with Crippen LogP contribution in [0.5, 0.6) is 17.2 Å². The highest BCUT2D eigenvalue weighted by Crippen LogP contribution is 2.65. The third-order valence-electron chi connectivity index (χ3n) is 8.46. The molecule has 3 fully saturated rings. The summed E-state index contributed by atoms with van der Waals surface area (Å²) < 4.78 is 11.0. The normalized spacial score (nSPS) is 28.1. The lowest BCUT2D eigenvalue weighted by atomic mass is 9.63. The van der Waals surface area contributed by atoms with Crippen LogP contribution in [0.4, 0.5) is 11.4 Å². The first kappa shape index (κ1) is 22.8. The number of carbonyl (C=O) groups excluding carboxylic acids is 3. The molecule has 1 heterocycles. The summed E-state index contributed by atoms with van der Waals surface area (Å²) in [6, 6.07) is 21.0. The molecule has 0 unspecified atom stereocenters. The van der Waals surface area contributed by atoms with Crippen LogP contribution in [0.3, 0.4) is 0 Å². The van der Waals surface area contributed by atoms with E-state index in [9.17, 15) is 14.4 Å². The third kappa shape index (κ3) is 3.61. The zero-order valence-electron chi connectivity index (χ0n) is 20.7. The molecule has 190 valence electrons. The minimum absolute atomic E-state index is 0.0983. The van der Waals surface area contributed by atoms with Gasteiger partial charge in [-0.05, 0) is 103 Å². The van der Waals surface area contributed by atoms with E-state index in [4.69, 9.17) is 9.47 Å². The van der Waals surface area contributed by atoms with Crippen LogP contribution in [-0.2, 0) is 9.59 Å². The number of nitrogens with one attached hydrogen (secondary N) is 1. The van der Waals surface area contributed by atoms with E-state index in [1.807, 2.05) is 24.3 Å². The summed E-state index contributed by atoms with van der Waals surface area (Å²) in [5.74, 6) is 2.63. The summed E-state index contributed by atoms with van der Waals surface area (Å²) >= 11 is 0. The molecule has 7 heteroatoms. The fourth-order valence-corrected chi connectivity index (χ4v) is 6.56. The summed E-state index contributed by atoms with van der Waals surface area (Å²) in [5.41, 5.74) is 1.59. The van der Waals surface area contributed by atoms with Crippen molar-refractivity contribution in [1.82, 2.24) is 0 Å². The lowest BCUT2D eigenvalue weighted by Crippen LogP contribution is -2.40. The largest absolute Gasteiger partial charge is 0.497 e. The third-order valence-corrected chi connectivity index (χ3v) is 8.46. The Kier molecular flexibility index (Phi) is 5.15. The predicted molar refractivity (Wildman–Crippen MR) is 141 cm³/mol. The average Bonchev–Trinajstić information content (AvgIpc) is 3.73. The Bertz CT molecular complexity index is 1430. The van der Waals surface area contributed by atoms with Crippen molar-refractivity contribution in [2.45, 2.75) is 6.42 Å². The van der Waals surface area contributed by atoms with Gasteiger partial charge in [-0.3, -0.25) is 19.3 Å². The number of hydrogen-bond acceptors (Lipinski definition) is 5. The average molecular weight is 507 g/mol. The van der Waals surface area contributed by atoms with Gasteiger partial charge >= 0.3 is 0 Å². The van der Waals surface area contributed by atoms with E-state index in [2.05, 4.69) is 17.5 Å². The van der Waals surface area contributed by atoms with Gasteiger partial charge in [0.05, 0.1) is 24.6 Å². The molecule has 1 aliphatic heterocycles. The number of imide groups is 1. The predicted octanol–water partition coefficient (Wildman–Crippen LogP) is 5.30. The Morgan fingerprint density at radius 2 is 1.29 bits per heavy atom. The van der Waals surface area contributed by atoms with Gasteiger partial charge in [-0.1, -0.05) is 12.2 Å². The first-order chi connectivity index (χ1) is 18.5. The molecule has 38 heavy (non-hydrogen) atoms. The Morgan fingerprint density at radius 1 is 0.763 bits per heavy atom. The molecule has 8 rings (SSSR count). The van der Waals surface area contributed by atoms with Crippen LogP contribution in [0.25, 0.3) is 0 Å². The SMILES string of the molecule is COc1ccc(Oc2ccc(NC(=O)c3ccc(N4C(=O)[C@@H]5[C@H]6C=C[C@@H]([C@@H]7C[C@@H]67)[C@H]5C4=O)cc3)cc2)cc1. The fraction of sp³-hybridized carbons (Fsp3) is 0.258. The quantitative estimate of drug-likeness (QED) is 0.362. The fourth-order valence-electron chi connectivity index (χ4n) is 6.56. The van der Waals surface area contributed by atoms with Crippen molar-refractivity contribution in [3.8, 4) is 17.2 Å². The molecule has 0 spiro atoms. The first-order valence-electron chi connectivity index (χ1n) is 12.9. The molecule has 7 nitrogen and oxygen atoms in total. The number of ether oxygens (including phenoxy) is 2. The second-order valence-electron chi connectivity index (χ2n) is 10.5. The monoisotopic (exact) mass is 506 g/mol. The Balaban J connectivity index is 1.01. The van der Waals surface area contributed by atoms with Gasteiger partial charge in [0.25, 0.3) is 5.91 Å². The van der Waals surface area contributed by atoms with Crippen molar-refractivity contribution >= 4 is 29.1 Å². The molecule has 1 N–H and O–H groups in total. The van der Waals surface area contributed by atoms with Crippen molar-refractivity contribution in [2.75, 3.05) is 17.3 Å². The van der Waals surface area contributed by atoms with Gasteiger partial charge in [-0.25, -0.2) is 0 Å². The number of methoxy groups -OCH3 is 1. The van der Waals surface area contributed by atoms with E-state index >= 15 is 0 Å². The smallest absolute Gasteiger partial charge is 0.255 e. The molecular weight excluding hydrogens is 480 g/mol. The van der Waals surface area contributed by atoms with Crippen LogP contribution in [0.2, 0.25) is 0 Å². The molecule has 3 amide bonds. The van der Waals surface area contributed by atoms with Crippen LogP contribution >= 0.6 is 0 Å². The summed E-state index contributed by atoms with van der Waals surface area (Å²) in [6.45, 7) is 0. The van der Waals surface area contributed by atoms with Crippen molar-refractivity contribution in [3.05, 3.63) is 90.5 Å². The molecule has 0 radical (unpaired) electrons.